The second-order valence-corrected chi connectivity index (χ2v) is 4.89. The average Bonchev–Trinajstić information content (AvgIpc) is 2.43. The Morgan fingerprint density at radius 1 is 1.00 bits per heavy atom. The quantitative estimate of drug-likeness (QED) is 0.834. The number of phenols is 1. The maximum atomic E-state index is 10.3. The molecule has 4 nitrogen and oxygen atoms in total. The van der Waals surface area contributed by atoms with Gasteiger partial charge in [0.05, 0.1) is 13.2 Å². The van der Waals surface area contributed by atoms with Crippen LogP contribution < -0.4 is 15.2 Å². The predicted octanol–water partition coefficient (Wildman–Crippen LogP) is 1.54. The number of ether oxygens (including phenoxy) is 2. The van der Waals surface area contributed by atoms with Gasteiger partial charge in [-0.2, -0.15) is 0 Å². The summed E-state index contributed by atoms with van der Waals surface area (Å²) in [6.07, 6.45) is 4.52. The number of nitrogens with two attached hydrogens (primary N) is 1. The fraction of sp³-hybridized carbons (Fsp3) is 0.571. The van der Waals surface area contributed by atoms with E-state index in [9.17, 15) is 5.11 Å². The van der Waals surface area contributed by atoms with E-state index >= 15 is 0 Å². The molecule has 0 fully saturated rings. The van der Waals surface area contributed by atoms with Crippen LogP contribution in [0.1, 0.15) is 29.5 Å². The van der Waals surface area contributed by atoms with Crippen molar-refractivity contribution in [1.82, 2.24) is 0 Å². The molecule has 0 aliphatic carbocycles. The summed E-state index contributed by atoms with van der Waals surface area (Å²) in [7, 11) is 0. The van der Waals surface area contributed by atoms with E-state index in [2.05, 4.69) is 0 Å². The first kappa shape index (κ1) is 11.7. The maximum Gasteiger partial charge on any atom is 0.164 e. The first-order valence-electron chi connectivity index (χ1n) is 6.68. The predicted molar refractivity (Wildman–Crippen MR) is 68.5 cm³/mol. The van der Waals surface area contributed by atoms with Crippen LogP contribution in [0.4, 0.5) is 0 Å². The zero-order valence-corrected chi connectivity index (χ0v) is 10.5. The van der Waals surface area contributed by atoms with Gasteiger partial charge in [-0.25, -0.2) is 0 Å². The first-order chi connectivity index (χ1) is 8.83. The summed E-state index contributed by atoms with van der Waals surface area (Å²) in [4.78, 5) is 0. The number of fused-ring (bicyclic) bond motifs is 2. The third-order valence-electron chi connectivity index (χ3n) is 3.72. The van der Waals surface area contributed by atoms with Gasteiger partial charge in [0.2, 0.25) is 0 Å². The molecule has 0 radical (unpaired) electrons. The van der Waals surface area contributed by atoms with Crippen molar-refractivity contribution in [3.63, 3.8) is 0 Å². The van der Waals surface area contributed by atoms with Crippen LogP contribution in [0.15, 0.2) is 0 Å². The van der Waals surface area contributed by atoms with Gasteiger partial charge in [0.1, 0.15) is 5.75 Å². The molecule has 98 valence electrons. The number of hydrogen-bond acceptors (Lipinski definition) is 4. The van der Waals surface area contributed by atoms with E-state index in [0.717, 1.165) is 61.2 Å². The summed E-state index contributed by atoms with van der Waals surface area (Å²) < 4.78 is 11.4. The Morgan fingerprint density at radius 2 is 1.67 bits per heavy atom. The van der Waals surface area contributed by atoms with Crippen molar-refractivity contribution in [2.24, 2.45) is 5.73 Å². The Kier molecular flexibility index (Phi) is 3.04. The van der Waals surface area contributed by atoms with Crippen molar-refractivity contribution in [3.05, 3.63) is 16.7 Å². The molecular formula is C14H19NO3. The Bertz CT molecular complexity index is 434. The molecule has 2 aliphatic rings. The third-order valence-corrected chi connectivity index (χ3v) is 3.72. The number of aromatic hydroxyl groups is 1. The normalized spacial score (nSPS) is 17.4. The lowest BCUT2D eigenvalue weighted by molar-refractivity contribution is 0.253. The van der Waals surface area contributed by atoms with Crippen LogP contribution in [0, 0.1) is 0 Å². The van der Waals surface area contributed by atoms with Gasteiger partial charge >= 0.3 is 0 Å². The van der Waals surface area contributed by atoms with Crippen LogP contribution in [-0.2, 0) is 19.3 Å². The molecule has 0 bridgehead atoms. The van der Waals surface area contributed by atoms with Crippen LogP contribution in [0.5, 0.6) is 17.2 Å². The minimum absolute atomic E-state index is 0.292. The van der Waals surface area contributed by atoms with Crippen molar-refractivity contribution in [1.29, 1.82) is 0 Å². The van der Waals surface area contributed by atoms with E-state index in [1.54, 1.807) is 0 Å². The van der Waals surface area contributed by atoms with Gasteiger partial charge < -0.3 is 20.3 Å². The number of phenolic OH excluding ortho intramolecular Hbond substituents is 1. The van der Waals surface area contributed by atoms with Crippen molar-refractivity contribution < 1.29 is 14.6 Å². The van der Waals surface area contributed by atoms with Crippen molar-refractivity contribution in [2.75, 3.05) is 19.8 Å². The Balaban J connectivity index is 2.20. The van der Waals surface area contributed by atoms with Crippen LogP contribution >= 0.6 is 0 Å². The second-order valence-electron chi connectivity index (χ2n) is 4.89. The van der Waals surface area contributed by atoms with E-state index in [4.69, 9.17) is 15.2 Å². The zero-order valence-electron chi connectivity index (χ0n) is 10.5. The Hall–Kier alpha value is -1.42. The number of benzene rings is 1. The molecule has 4 heteroatoms. The smallest absolute Gasteiger partial charge is 0.164 e. The molecule has 2 heterocycles. The Labute approximate surface area is 107 Å². The number of rotatable bonds is 2. The van der Waals surface area contributed by atoms with E-state index in [0.29, 0.717) is 24.7 Å². The van der Waals surface area contributed by atoms with Gasteiger partial charge in [0.15, 0.2) is 11.5 Å². The van der Waals surface area contributed by atoms with E-state index in [1.807, 2.05) is 0 Å². The summed E-state index contributed by atoms with van der Waals surface area (Å²) in [5.74, 6) is 1.84. The third kappa shape index (κ3) is 1.72. The van der Waals surface area contributed by atoms with E-state index in [1.165, 1.54) is 0 Å². The van der Waals surface area contributed by atoms with Gasteiger partial charge in [-0.3, -0.25) is 0 Å². The van der Waals surface area contributed by atoms with E-state index < -0.39 is 0 Å². The molecule has 0 saturated carbocycles. The largest absolute Gasteiger partial charge is 0.504 e. The second kappa shape index (κ2) is 4.69. The van der Waals surface area contributed by atoms with Gasteiger partial charge in [0.25, 0.3) is 0 Å². The Morgan fingerprint density at radius 3 is 2.39 bits per heavy atom. The molecule has 2 aliphatic heterocycles. The van der Waals surface area contributed by atoms with Gasteiger partial charge in [0, 0.05) is 16.7 Å². The van der Waals surface area contributed by atoms with Gasteiger partial charge in [-0.1, -0.05) is 0 Å². The molecule has 3 N–H and O–H groups in total. The summed E-state index contributed by atoms with van der Waals surface area (Å²) in [6.45, 7) is 2.00. The standard InChI is InChI=1S/C14H19NO3/c15-6-5-10-9-3-1-8-18-14(9)12(16)11-4-2-7-17-13(10)11/h16H,1-8,15H2. The molecule has 18 heavy (non-hydrogen) atoms. The van der Waals surface area contributed by atoms with Crippen molar-refractivity contribution >= 4 is 0 Å². The maximum absolute atomic E-state index is 10.3. The van der Waals surface area contributed by atoms with Crippen LogP contribution in [-0.4, -0.2) is 24.9 Å². The molecule has 0 atom stereocenters. The van der Waals surface area contributed by atoms with Crippen LogP contribution in [0.3, 0.4) is 0 Å². The summed E-state index contributed by atoms with van der Waals surface area (Å²) in [5, 5.41) is 10.3. The molecule has 3 rings (SSSR count). The van der Waals surface area contributed by atoms with Crippen LogP contribution in [0.25, 0.3) is 0 Å². The minimum Gasteiger partial charge on any atom is -0.504 e. The lowest BCUT2D eigenvalue weighted by Crippen LogP contribution is -2.18. The fourth-order valence-electron chi connectivity index (χ4n) is 2.92. The van der Waals surface area contributed by atoms with Gasteiger partial charge in [-0.05, 0) is 38.6 Å². The van der Waals surface area contributed by atoms with Crippen molar-refractivity contribution in [2.45, 2.75) is 32.1 Å². The average molecular weight is 249 g/mol. The lowest BCUT2D eigenvalue weighted by Gasteiger charge is -2.28. The first-order valence-corrected chi connectivity index (χ1v) is 6.68. The highest BCUT2D eigenvalue weighted by molar-refractivity contribution is 5.63. The van der Waals surface area contributed by atoms with Crippen LogP contribution in [0.2, 0.25) is 0 Å². The summed E-state index contributed by atoms with van der Waals surface area (Å²) in [5.41, 5.74) is 8.87. The molecular weight excluding hydrogens is 230 g/mol. The molecule has 1 aromatic carbocycles. The zero-order chi connectivity index (χ0) is 12.5. The molecule has 1 aromatic rings. The van der Waals surface area contributed by atoms with Crippen molar-refractivity contribution in [3.8, 4) is 17.2 Å². The van der Waals surface area contributed by atoms with Gasteiger partial charge in [-0.15, -0.1) is 0 Å². The molecule has 0 saturated heterocycles. The molecule has 0 spiro atoms. The SMILES string of the molecule is NCCc1c2c(c(O)c3c1OCCC3)OCCC2. The molecule has 0 unspecified atom stereocenters. The molecule has 0 amide bonds. The minimum atomic E-state index is 0.292. The highest BCUT2D eigenvalue weighted by Gasteiger charge is 2.28. The topological polar surface area (TPSA) is 64.7 Å². The monoisotopic (exact) mass is 249 g/mol. The lowest BCUT2D eigenvalue weighted by atomic mass is 9.90. The summed E-state index contributed by atoms with van der Waals surface area (Å²) in [6, 6.07) is 0. The summed E-state index contributed by atoms with van der Waals surface area (Å²) >= 11 is 0. The van der Waals surface area contributed by atoms with E-state index in [-0.39, 0.29) is 0 Å². The highest BCUT2D eigenvalue weighted by Crippen LogP contribution is 2.47. The highest BCUT2D eigenvalue weighted by atomic mass is 16.5. The number of hydrogen-bond donors (Lipinski definition) is 2. The fourth-order valence-corrected chi connectivity index (χ4v) is 2.92. The molecule has 0 aromatic heterocycles.